The summed E-state index contributed by atoms with van der Waals surface area (Å²) in [7, 11) is -3.23. The third-order valence-electron chi connectivity index (χ3n) is 2.96. The highest BCUT2D eigenvalue weighted by Crippen LogP contribution is 2.16. The molecular formula is C16H17NO4S. The first-order valence-corrected chi connectivity index (χ1v) is 8.53. The fraction of sp³-hybridized carbons (Fsp3) is 0.188. The Labute approximate surface area is 129 Å². The van der Waals surface area contributed by atoms with Crippen LogP contribution in [0.3, 0.4) is 0 Å². The smallest absolute Gasteiger partial charge is 0.262 e. The van der Waals surface area contributed by atoms with Crippen molar-refractivity contribution in [2.24, 2.45) is 0 Å². The second-order valence-electron chi connectivity index (χ2n) is 4.95. The van der Waals surface area contributed by atoms with Crippen LogP contribution in [0.1, 0.15) is 5.56 Å². The van der Waals surface area contributed by atoms with Gasteiger partial charge in [0.1, 0.15) is 5.75 Å². The number of hydrogen-bond donors (Lipinski definition) is 1. The van der Waals surface area contributed by atoms with E-state index in [9.17, 15) is 13.2 Å². The minimum absolute atomic E-state index is 0.147. The molecule has 0 saturated carbocycles. The molecule has 0 spiro atoms. The Balaban J connectivity index is 1.89. The normalized spacial score (nSPS) is 11.0. The Morgan fingerprint density at radius 1 is 1.05 bits per heavy atom. The number of amides is 1. The van der Waals surface area contributed by atoms with E-state index < -0.39 is 9.84 Å². The maximum atomic E-state index is 11.8. The fourth-order valence-electron chi connectivity index (χ4n) is 1.77. The van der Waals surface area contributed by atoms with Gasteiger partial charge in [0.05, 0.1) is 4.90 Å². The minimum atomic E-state index is -3.23. The van der Waals surface area contributed by atoms with Crippen LogP contribution < -0.4 is 10.1 Å². The highest BCUT2D eigenvalue weighted by molar-refractivity contribution is 7.90. The summed E-state index contributed by atoms with van der Waals surface area (Å²) in [6.07, 6.45) is 1.14. The van der Waals surface area contributed by atoms with Gasteiger partial charge in [-0.1, -0.05) is 17.7 Å². The van der Waals surface area contributed by atoms with Crippen molar-refractivity contribution in [3.8, 4) is 5.75 Å². The zero-order chi connectivity index (χ0) is 16.2. The number of rotatable bonds is 5. The lowest BCUT2D eigenvalue weighted by Gasteiger charge is -2.08. The van der Waals surface area contributed by atoms with Gasteiger partial charge in [-0.05, 0) is 43.3 Å². The Bertz CT molecular complexity index is 750. The van der Waals surface area contributed by atoms with Gasteiger partial charge in [0.25, 0.3) is 5.91 Å². The van der Waals surface area contributed by atoms with Crippen molar-refractivity contribution in [2.75, 3.05) is 18.2 Å². The van der Waals surface area contributed by atoms with E-state index in [1.54, 1.807) is 0 Å². The highest BCUT2D eigenvalue weighted by atomic mass is 32.2. The third kappa shape index (κ3) is 4.60. The van der Waals surface area contributed by atoms with Gasteiger partial charge in [0.15, 0.2) is 16.4 Å². The largest absolute Gasteiger partial charge is 0.484 e. The van der Waals surface area contributed by atoms with E-state index in [1.165, 1.54) is 24.3 Å². The minimum Gasteiger partial charge on any atom is -0.484 e. The van der Waals surface area contributed by atoms with E-state index in [-0.39, 0.29) is 17.4 Å². The van der Waals surface area contributed by atoms with Crippen molar-refractivity contribution in [1.82, 2.24) is 0 Å². The SMILES string of the molecule is Cc1ccc(NC(=O)COc2ccc(S(C)(=O)=O)cc2)cc1. The van der Waals surface area contributed by atoms with Crippen LogP contribution in [0.25, 0.3) is 0 Å². The predicted octanol–water partition coefficient (Wildman–Crippen LogP) is 2.42. The number of sulfone groups is 1. The molecule has 22 heavy (non-hydrogen) atoms. The number of benzene rings is 2. The number of anilines is 1. The van der Waals surface area contributed by atoms with Gasteiger partial charge in [-0.15, -0.1) is 0 Å². The molecular weight excluding hydrogens is 302 g/mol. The Morgan fingerprint density at radius 3 is 2.18 bits per heavy atom. The van der Waals surface area contributed by atoms with Crippen LogP contribution in [0.2, 0.25) is 0 Å². The van der Waals surface area contributed by atoms with E-state index in [4.69, 9.17) is 4.74 Å². The summed E-state index contributed by atoms with van der Waals surface area (Å²) in [6.45, 7) is 1.82. The first-order chi connectivity index (χ1) is 10.3. The molecule has 0 aliphatic heterocycles. The zero-order valence-electron chi connectivity index (χ0n) is 12.4. The molecule has 0 aliphatic rings. The maximum absolute atomic E-state index is 11.8. The Kier molecular flexibility index (Phi) is 4.82. The number of aryl methyl sites for hydroxylation is 1. The molecule has 2 aromatic carbocycles. The van der Waals surface area contributed by atoms with Crippen LogP contribution in [0.15, 0.2) is 53.4 Å². The summed E-state index contributed by atoms with van der Waals surface area (Å²) in [5.41, 5.74) is 1.81. The lowest BCUT2D eigenvalue weighted by Crippen LogP contribution is -2.20. The van der Waals surface area contributed by atoms with Crippen molar-refractivity contribution in [3.05, 3.63) is 54.1 Å². The second kappa shape index (κ2) is 6.62. The van der Waals surface area contributed by atoms with E-state index >= 15 is 0 Å². The maximum Gasteiger partial charge on any atom is 0.262 e. The van der Waals surface area contributed by atoms with Crippen molar-refractivity contribution in [3.63, 3.8) is 0 Å². The average Bonchev–Trinajstić information content (AvgIpc) is 2.47. The van der Waals surface area contributed by atoms with E-state index in [2.05, 4.69) is 5.32 Å². The van der Waals surface area contributed by atoms with Crippen LogP contribution in [0.4, 0.5) is 5.69 Å². The molecule has 5 nitrogen and oxygen atoms in total. The monoisotopic (exact) mass is 319 g/mol. The summed E-state index contributed by atoms with van der Waals surface area (Å²) >= 11 is 0. The van der Waals surface area contributed by atoms with Gasteiger partial charge in [0, 0.05) is 11.9 Å². The molecule has 0 aromatic heterocycles. The summed E-state index contributed by atoms with van der Waals surface area (Å²) in [5.74, 6) is 0.155. The lowest BCUT2D eigenvalue weighted by molar-refractivity contribution is -0.118. The average molecular weight is 319 g/mol. The molecule has 0 atom stereocenters. The number of hydrogen-bond acceptors (Lipinski definition) is 4. The molecule has 1 amide bonds. The molecule has 116 valence electrons. The molecule has 1 N–H and O–H groups in total. The fourth-order valence-corrected chi connectivity index (χ4v) is 2.40. The van der Waals surface area contributed by atoms with Crippen LogP contribution in [-0.2, 0) is 14.6 Å². The number of carbonyl (C=O) groups is 1. The summed E-state index contributed by atoms with van der Waals surface area (Å²) in [5, 5.41) is 2.72. The van der Waals surface area contributed by atoms with Gasteiger partial charge < -0.3 is 10.1 Å². The van der Waals surface area contributed by atoms with E-state index in [1.807, 2.05) is 31.2 Å². The predicted molar refractivity (Wildman–Crippen MR) is 84.9 cm³/mol. The lowest BCUT2D eigenvalue weighted by atomic mass is 10.2. The number of nitrogens with one attached hydrogen (secondary N) is 1. The Morgan fingerprint density at radius 2 is 1.64 bits per heavy atom. The highest BCUT2D eigenvalue weighted by Gasteiger charge is 2.07. The molecule has 0 fully saturated rings. The van der Waals surface area contributed by atoms with E-state index in [0.29, 0.717) is 11.4 Å². The second-order valence-corrected chi connectivity index (χ2v) is 6.96. The Hall–Kier alpha value is -2.34. The summed E-state index contributed by atoms with van der Waals surface area (Å²) < 4.78 is 28.0. The van der Waals surface area contributed by atoms with Gasteiger partial charge in [0.2, 0.25) is 0 Å². The standard InChI is InChI=1S/C16H17NO4S/c1-12-3-5-13(6-4-12)17-16(18)11-21-14-7-9-15(10-8-14)22(2,19)20/h3-10H,11H2,1-2H3,(H,17,18). The van der Waals surface area contributed by atoms with Gasteiger partial charge in [-0.25, -0.2) is 8.42 Å². The van der Waals surface area contributed by atoms with E-state index in [0.717, 1.165) is 11.8 Å². The van der Waals surface area contributed by atoms with Gasteiger partial charge in [-0.2, -0.15) is 0 Å². The molecule has 0 heterocycles. The topological polar surface area (TPSA) is 72.5 Å². The van der Waals surface area contributed by atoms with Crippen LogP contribution >= 0.6 is 0 Å². The number of ether oxygens (including phenoxy) is 1. The van der Waals surface area contributed by atoms with Crippen molar-refractivity contribution >= 4 is 21.4 Å². The molecule has 0 saturated heterocycles. The van der Waals surface area contributed by atoms with Gasteiger partial charge in [-0.3, -0.25) is 4.79 Å². The van der Waals surface area contributed by atoms with Crippen molar-refractivity contribution in [2.45, 2.75) is 11.8 Å². The molecule has 0 bridgehead atoms. The molecule has 6 heteroatoms. The first kappa shape index (κ1) is 16.0. The molecule has 2 rings (SSSR count). The molecule has 0 unspecified atom stereocenters. The molecule has 0 radical (unpaired) electrons. The van der Waals surface area contributed by atoms with Crippen molar-refractivity contribution in [1.29, 1.82) is 0 Å². The summed E-state index contributed by atoms with van der Waals surface area (Å²) in [4.78, 5) is 12.0. The van der Waals surface area contributed by atoms with Crippen molar-refractivity contribution < 1.29 is 17.9 Å². The van der Waals surface area contributed by atoms with Crippen LogP contribution in [0, 0.1) is 6.92 Å². The quantitative estimate of drug-likeness (QED) is 0.918. The van der Waals surface area contributed by atoms with Crippen LogP contribution in [-0.4, -0.2) is 27.2 Å². The third-order valence-corrected chi connectivity index (χ3v) is 4.09. The molecule has 2 aromatic rings. The van der Waals surface area contributed by atoms with Gasteiger partial charge >= 0.3 is 0 Å². The molecule has 0 aliphatic carbocycles. The summed E-state index contributed by atoms with van der Waals surface area (Å²) in [6, 6.07) is 13.4. The zero-order valence-corrected chi connectivity index (χ0v) is 13.2. The van der Waals surface area contributed by atoms with Crippen LogP contribution in [0.5, 0.6) is 5.75 Å². The first-order valence-electron chi connectivity index (χ1n) is 6.64. The number of carbonyl (C=O) groups excluding carboxylic acids is 1.